The Bertz CT molecular complexity index is 1400. The number of allylic oxidation sites excluding steroid dienone is 1. The number of fused-ring (bicyclic) bond motifs is 1. The lowest BCUT2D eigenvalue weighted by Crippen LogP contribution is -2.34. The molecule has 12 heteroatoms. The Kier molecular flexibility index (Phi) is 7.53. The number of amides is 1. The van der Waals surface area contributed by atoms with Crippen LogP contribution in [0.1, 0.15) is 37.6 Å². The number of rotatable bonds is 6. The molecular formula is C26H32FN9O2. The minimum absolute atomic E-state index is 0.00296. The third-order valence-electron chi connectivity index (χ3n) is 6.37. The van der Waals surface area contributed by atoms with Crippen molar-refractivity contribution in [1.82, 2.24) is 30.2 Å². The minimum atomic E-state index is -0.628. The Labute approximate surface area is 220 Å². The lowest BCUT2D eigenvalue weighted by Gasteiger charge is -2.24. The van der Waals surface area contributed by atoms with Gasteiger partial charge in [-0.25, -0.2) is 24.3 Å². The summed E-state index contributed by atoms with van der Waals surface area (Å²) in [6.45, 7) is 7.23. The Hall–Kier alpha value is -4.19. The zero-order valence-corrected chi connectivity index (χ0v) is 22.1. The molecular weight excluding hydrogens is 489 g/mol. The van der Waals surface area contributed by atoms with Gasteiger partial charge in [-0.3, -0.25) is 10.2 Å². The summed E-state index contributed by atoms with van der Waals surface area (Å²) in [5.41, 5.74) is 0.436. The predicted octanol–water partition coefficient (Wildman–Crippen LogP) is 3.64. The van der Waals surface area contributed by atoms with Crippen molar-refractivity contribution in [2.24, 2.45) is 5.41 Å². The first-order valence-electron chi connectivity index (χ1n) is 12.2. The molecule has 1 aromatic carbocycles. The van der Waals surface area contributed by atoms with Gasteiger partial charge in [0.2, 0.25) is 5.95 Å². The van der Waals surface area contributed by atoms with Gasteiger partial charge in [0.25, 0.3) is 5.91 Å². The Morgan fingerprint density at radius 3 is 2.74 bits per heavy atom. The van der Waals surface area contributed by atoms with Crippen LogP contribution in [0, 0.1) is 16.6 Å². The molecule has 1 amide bonds. The van der Waals surface area contributed by atoms with Gasteiger partial charge in [0.15, 0.2) is 5.82 Å². The molecule has 0 radical (unpaired) electrons. The van der Waals surface area contributed by atoms with Crippen LogP contribution < -0.4 is 15.5 Å². The number of likely N-dealkylation sites (tertiary alicyclic amines) is 1. The van der Waals surface area contributed by atoms with E-state index in [0.717, 1.165) is 25.6 Å². The standard InChI is InChI=1S/C26H32FN9O2/c1-26(2,3)20(37)11-21(28)33-24(38)15-6-7-17(27)18(10-15)32-23-22-19(30-14-31-23)12-29-25(34-22)36(5)16-8-9-35(4)13-16/h6-7,10-12,14,16,37H,8-9,13H2,1-5H3,(H2,28,33,38)(H,30,31,32)/b20-11-. The molecule has 3 heterocycles. The van der Waals surface area contributed by atoms with Gasteiger partial charge in [-0.2, -0.15) is 0 Å². The molecule has 4 N–H and O–H groups in total. The molecule has 4 rings (SSSR count). The molecule has 1 unspecified atom stereocenters. The highest BCUT2D eigenvalue weighted by Gasteiger charge is 2.25. The van der Waals surface area contributed by atoms with E-state index in [1.54, 1.807) is 27.0 Å². The highest BCUT2D eigenvalue weighted by molar-refractivity contribution is 6.09. The lowest BCUT2D eigenvalue weighted by molar-refractivity contribution is 0.0977. The number of aromatic nitrogens is 4. The fraction of sp³-hybridized carbons (Fsp3) is 0.385. The average Bonchev–Trinajstić information content (AvgIpc) is 3.30. The number of nitrogens with one attached hydrogen (secondary N) is 3. The van der Waals surface area contributed by atoms with E-state index in [0.29, 0.717) is 17.0 Å². The molecule has 38 heavy (non-hydrogen) atoms. The molecule has 2 aromatic heterocycles. The fourth-order valence-corrected chi connectivity index (χ4v) is 3.97. The molecule has 200 valence electrons. The van der Waals surface area contributed by atoms with E-state index in [1.807, 2.05) is 11.9 Å². The summed E-state index contributed by atoms with van der Waals surface area (Å²) in [7, 11) is 4.01. The van der Waals surface area contributed by atoms with Gasteiger partial charge in [0, 0.05) is 36.7 Å². The summed E-state index contributed by atoms with van der Waals surface area (Å²) in [5, 5.41) is 23.4. The lowest BCUT2D eigenvalue weighted by atomic mass is 9.93. The fourth-order valence-electron chi connectivity index (χ4n) is 3.97. The largest absolute Gasteiger partial charge is 0.512 e. The molecule has 1 atom stereocenters. The van der Waals surface area contributed by atoms with Crippen LogP contribution in [0.3, 0.4) is 0 Å². The Morgan fingerprint density at radius 1 is 1.29 bits per heavy atom. The maximum Gasteiger partial charge on any atom is 0.256 e. The number of benzene rings is 1. The van der Waals surface area contributed by atoms with Crippen molar-refractivity contribution in [2.45, 2.75) is 33.2 Å². The number of hydrogen-bond acceptors (Lipinski definition) is 10. The van der Waals surface area contributed by atoms with Crippen LogP contribution in [0.2, 0.25) is 0 Å². The number of carbonyl (C=O) groups excluding carboxylic acids is 1. The van der Waals surface area contributed by atoms with E-state index in [9.17, 15) is 14.3 Å². The van der Waals surface area contributed by atoms with Gasteiger partial charge in [-0.05, 0) is 38.2 Å². The summed E-state index contributed by atoms with van der Waals surface area (Å²) in [5.74, 6) is -0.797. The van der Waals surface area contributed by atoms with E-state index in [-0.39, 0.29) is 34.7 Å². The maximum absolute atomic E-state index is 14.8. The van der Waals surface area contributed by atoms with Crippen LogP contribution in [0.4, 0.5) is 21.8 Å². The van der Waals surface area contributed by atoms with Crippen LogP contribution in [0.25, 0.3) is 11.0 Å². The topological polar surface area (TPSA) is 143 Å². The maximum atomic E-state index is 14.8. The number of amidine groups is 1. The second kappa shape index (κ2) is 10.7. The van der Waals surface area contributed by atoms with E-state index in [1.165, 1.54) is 24.5 Å². The smallest absolute Gasteiger partial charge is 0.256 e. The van der Waals surface area contributed by atoms with Crippen molar-refractivity contribution < 1.29 is 14.3 Å². The Morgan fingerprint density at radius 2 is 2.05 bits per heavy atom. The molecule has 3 aromatic rings. The third-order valence-corrected chi connectivity index (χ3v) is 6.37. The SMILES string of the molecule is CN1CCC(N(C)c2ncc3ncnc(Nc4cc(C(=O)NC(=N)/C=C(\O)C(C)(C)C)ccc4F)c3n2)C1. The minimum Gasteiger partial charge on any atom is -0.512 e. The van der Waals surface area contributed by atoms with E-state index in [2.05, 4.69) is 42.5 Å². The first kappa shape index (κ1) is 26.9. The molecule has 1 saturated heterocycles. The molecule has 0 aliphatic carbocycles. The monoisotopic (exact) mass is 521 g/mol. The molecule has 1 fully saturated rings. The molecule has 0 spiro atoms. The number of carbonyl (C=O) groups is 1. The van der Waals surface area contributed by atoms with Crippen molar-refractivity contribution in [1.29, 1.82) is 5.41 Å². The highest BCUT2D eigenvalue weighted by Crippen LogP contribution is 2.26. The van der Waals surface area contributed by atoms with E-state index < -0.39 is 17.1 Å². The molecule has 1 aliphatic heterocycles. The van der Waals surface area contributed by atoms with E-state index >= 15 is 0 Å². The zero-order chi connectivity index (χ0) is 27.6. The zero-order valence-electron chi connectivity index (χ0n) is 22.1. The van der Waals surface area contributed by atoms with Crippen molar-refractivity contribution >= 4 is 40.2 Å². The summed E-state index contributed by atoms with van der Waals surface area (Å²) in [6, 6.07) is 4.05. The summed E-state index contributed by atoms with van der Waals surface area (Å²) in [6.07, 6.45) is 5.10. The van der Waals surface area contributed by atoms with Crippen molar-refractivity contribution in [3.63, 3.8) is 0 Å². The second-order valence-electron chi connectivity index (χ2n) is 10.4. The molecule has 11 nitrogen and oxygen atoms in total. The van der Waals surface area contributed by atoms with Crippen LogP contribution in [-0.4, -0.2) is 74.9 Å². The summed E-state index contributed by atoms with van der Waals surface area (Å²) < 4.78 is 14.8. The quantitative estimate of drug-likeness (QED) is 0.217. The average molecular weight is 522 g/mol. The number of aliphatic hydroxyl groups is 1. The van der Waals surface area contributed by atoms with Crippen LogP contribution in [-0.2, 0) is 0 Å². The predicted molar refractivity (Wildman–Crippen MR) is 144 cm³/mol. The van der Waals surface area contributed by atoms with Gasteiger partial charge in [-0.1, -0.05) is 20.8 Å². The van der Waals surface area contributed by atoms with Crippen LogP contribution in [0.15, 0.2) is 42.6 Å². The summed E-state index contributed by atoms with van der Waals surface area (Å²) >= 11 is 0. The number of anilines is 3. The highest BCUT2D eigenvalue weighted by atomic mass is 19.1. The number of halogens is 1. The van der Waals surface area contributed by atoms with Gasteiger partial charge < -0.3 is 25.5 Å². The van der Waals surface area contributed by atoms with Crippen molar-refractivity contribution in [3.05, 3.63) is 53.9 Å². The van der Waals surface area contributed by atoms with Crippen LogP contribution in [0.5, 0.6) is 0 Å². The second-order valence-corrected chi connectivity index (χ2v) is 10.4. The number of nitrogens with zero attached hydrogens (tertiary/aromatic N) is 6. The normalized spacial score (nSPS) is 16.5. The van der Waals surface area contributed by atoms with Crippen molar-refractivity contribution in [3.8, 4) is 0 Å². The molecule has 1 aliphatic rings. The van der Waals surface area contributed by atoms with Crippen LogP contribution >= 0.6 is 0 Å². The first-order chi connectivity index (χ1) is 17.9. The first-order valence-corrected chi connectivity index (χ1v) is 12.2. The number of hydrogen-bond donors (Lipinski definition) is 4. The molecule has 0 bridgehead atoms. The van der Waals surface area contributed by atoms with Gasteiger partial charge >= 0.3 is 0 Å². The number of likely N-dealkylation sites (N-methyl/N-ethyl adjacent to an activating group) is 2. The van der Waals surface area contributed by atoms with Crippen molar-refractivity contribution in [2.75, 3.05) is 37.4 Å². The molecule has 0 saturated carbocycles. The van der Waals surface area contributed by atoms with Gasteiger partial charge in [0.05, 0.1) is 11.9 Å². The van der Waals surface area contributed by atoms with Gasteiger partial charge in [-0.15, -0.1) is 0 Å². The van der Waals surface area contributed by atoms with Gasteiger partial charge in [0.1, 0.15) is 34.8 Å². The van der Waals surface area contributed by atoms with E-state index in [4.69, 9.17) is 5.41 Å². The third kappa shape index (κ3) is 6.02. The number of aliphatic hydroxyl groups excluding tert-OH is 1. The Balaban J connectivity index is 1.58. The summed E-state index contributed by atoms with van der Waals surface area (Å²) in [4.78, 5) is 34.6.